The summed E-state index contributed by atoms with van der Waals surface area (Å²) in [6.07, 6.45) is -0.0726. The van der Waals surface area contributed by atoms with Gasteiger partial charge in [0.1, 0.15) is 30.5 Å². The van der Waals surface area contributed by atoms with Gasteiger partial charge < -0.3 is 38.3 Å². The minimum atomic E-state index is -2.15. The monoisotopic (exact) mass is 642 g/mol. The van der Waals surface area contributed by atoms with Gasteiger partial charge in [0.15, 0.2) is 11.9 Å². The summed E-state index contributed by atoms with van der Waals surface area (Å²) >= 11 is 0. The zero-order valence-corrected chi connectivity index (χ0v) is 28.1. The first-order chi connectivity index (χ1) is 21.4. The van der Waals surface area contributed by atoms with Crippen LogP contribution in [0.4, 0.5) is 0 Å². The summed E-state index contributed by atoms with van der Waals surface area (Å²) < 4.78 is 34.4. The molecule has 3 aromatic rings. The van der Waals surface area contributed by atoms with Crippen LogP contribution in [0.5, 0.6) is 17.2 Å². The Kier molecular flexibility index (Phi) is 13.7. The molecule has 0 unspecified atom stereocenters. The lowest BCUT2D eigenvalue weighted by molar-refractivity contribution is -0.146. The SMILES string of the molecule is COCCOCCOCCOc1ccccc1-c1nccc(COc2ccc(O[Si](C)(C)C(C)(C)C)cc2C[C@@H](O)C(=O)O)n1. The van der Waals surface area contributed by atoms with Crippen molar-refractivity contribution in [3.05, 3.63) is 66.0 Å². The van der Waals surface area contributed by atoms with Gasteiger partial charge in [-0.3, -0.25) is 0 Å². The zero-order chi connectivity index (χ0) is 32.9. The molecule has 12 heteroatoms. The van der Waals surface area contributed by atoms with Crippen molar-refractivity contribution in [1.82, 2.24) is 9.97 Å². The molecule has 11 nitrogen and oxygen atoms in total. The number of aliphatic carboxylic acids is 1. The number of benzene rings is 2. The molecular formula is C33H46N2O9Si. The first-order valence-corrected chi connectivity index (χ1v) is 17.9. The highest BCUT2D eigenvalue weighted by Crippen LogP contribution is 2.38. The first-order valence-electron chi connectivity index (χ1n) is 15.0. The molecule has 1 aromatic heterocycles. The third kappa shape index (κ3) is 11.4. The quantitative estimate of drug-likeness (QED) is 0.133. The van der Waals surface area contributed by atoms with E-state index in [0.29, 0.717) is 74.0 Å². The smallest absolute Gasteiger partial charge is 0.332 e. The highest BCUT2D eigenvalue weighted by Gasteiger charge is 2.39. The molecule has 2 N–H and O–H groups in total. The van der Waals surface area contributed by atoms with Crippen molar-refractivity contribution in [1.29, 1.82) is 0 Å². The van der Waals surface area contributed by atoms with Gasteiger partial charge in [0.25, 0.3) is 0 Å². The molecule has 0 aliphatic heterocycles. The number of aromatic nitrogens is 2. The van der Waals surface area contributed by atoms with Crippen LogP contribution in [0.2, 0.25) is 18.1 Å². The molecule has 0 radical (unpaired) electrons. The third-order valence-electron chi connectivity index (χ3n) is 7.42. The molecule has 2 aromatic carbocycles. The number of carboxylic acids is 1. The summed E-state index contributed by atoms with van der Waals surface area (Å²) in [6.45, 7) is 13.6. The van der Waals surface area contributed by atoms with Crippen molar-refractivity contribution in [3.8, 4) is 28.6 Å². The Balaban J connectivity index is 1.68. The number of carboxylic acid groups (broad SMARTS) is 1. The molecule has 3 rings (SSSR count). The summed E-state index contributed by atoms with van der Waals surface area (Å²) in [4.78, 5) is 20.6. The fourth-order valence-electron chi connectivity index (χ4n) is 3.87. The Hall–Kier alpha value is -3.55. The first kappa shape index (κ1) is 35.9. The number of carbonyl (C=O) groups is 1. The largest absolute Gasteiger partial charge is 0.543 e. The molecule has 0 aliphatic rings. The van der Waals surface area contributed by atoms with Gasteiger partial charge in [-0.05, 0) is 54.5 Å². The Bertz CT molecular complexity index is 1360. The highest BCUT2D eigenvalue weighted by molar-refractivity contribution is 6.74. The van der Waals surface area contributed by atoms with Gasteiger partial charge in [-0.25, -0.2) is 14.8 Å². The molecule has 45 heavy (non-hydrogen) atoms. The highest BCUT2D eigenvalue weighted by atomic mass is 28.4. The fraction of sp³-hybridized carbons (Fsp3) is 0.485. The predicted octanol–water partition coefficient (Wildman–Crippen LogP) is 5.15. The summed E-state index contributed by atoms with van der Waals surface area (Å²) in [6, 6.07) is 14.5. The van der Waals surface area contributed by atoms with Crippen molar-refractivity contribution in [2.75, 3.05) is 46.8 Å². The van der Waals surface area contributed by atoms with Crippen molar-refractivity contribution in [3.63, 3.8) is 0 Å². The third-order valence-corrected chi connectivity index (χ3v) is 11.8. The summed E-state index contributed by atoms with van der Waals surface area (Å²) in [7, 11) is -0.516. The molecule has 0 saturated heterocycles. The maximum Gasteiger partial charge on any atom is 0.332 e. The van der Waals surface area contributed by atoms with Gasteiger partial charge >= 0.3 is 5.97 Å². The van der Waals surface area contributed by atoms with Crippen LogP contribution in [0.25, 0.3) is 11.4 Å². The van der Waals surface area contributed by atoms with E-state index in [4.69, 9.17) is 28.1 Å². The van der Waals surface area contributed by atoms with E-state index in [2.05, 4.69) is 43.8 Å². The van der Waals surface area contributed by atoms with Crippen molar-refractivity contribution < 1.29 is 43.1 Å². The van der Waals surface area contributed by atoms with Gasteiger partial charge in [0, 0.05) is 25.3 Å². The Morgan fingerprint density at radius 1 is 0.911 bits per heavy atom. The Morgan fingerprint density at radius 2 is 1.60 bits per heavy atom. The summed E-state index contributed by atoms with van der Waals surface area (Å²) in [5, 5.41) is 19.4. The van der Waals surface area contributed by atoms with E-state index in [0.717, 1.165) is 5.56 Å². The lowest BCUT2D eigenvalue weighted by Gasteiger charge is -2.36. The lowest BCUT2D eigenvalue weighted by Crippen LogP contribution is -2.43. The Labute approximate surface area is 266 Å². The van der Waals surface area contributed by atoms with E-state index in [1.165, 1.54) is 0 Å². The van der Waals surface area contributed by atoms with Crippen LogP contribution >= 0.6 is 0 Å². The van der Waals surface area contributed by atoms with Crippen molar-refractivity contribution in [2.45, 2.75) is 58.0 Å². The average molecular weight is 643 g/mol. The molecule has 0 aliphatic carbocycles. The second kappa shape index (κ2) is 17.2. The molecule has 1 atom stereocenters. The standard InChI is InChI=1S/C33H46N2O9Si/c1-33(2,3)45(5,6)44-26-11-12-29(24(21-26)22-28(36)32(37)38)43-23-25-13-14-34-31(35-25)27-9-7-8-10-30(27)42-20-19-41-18-17-40-16-15-39-4/h7-14,21,28,36H,15-20,22-23H2,1-6H3,(H,37,38)/t28-/m1/s1. The predicted molar refractivity (Wildman–Crippen MR) is 172 cm³/mol. The van der Waals surface area contributed by atoms with Gasteiger partial charge in [-0.2, -0.15) is 0 Å². The maximum absolute atomic E-state index is 11.4. The second-order valence-electron chi connectivity index (χ2n) is 11.9. The fourth-order valence-corrected chi connectivity index (χ4v) is 4.90. The molecular weight excluding hydrogens is 596 g/mol. The van der Waals surface area contributed by atoms with E-state index >= 15 is 0 Å². The second-order valence-corrected chi connectivity index (χ2v) is 16.6. The molecule has 0 fully saturated rings. The number of hydrogen-bond donors (Lipinski definition) is 2. The van der Waals surface area contributed by atoms with Gasteiger partial charge in [0.05, 0.1) is 44.3 Å². The van der Waals surface area contributed by atoms with Crippen LogP contribution in [0.15, 0.2) is 54.7 Å². The van der Waals surface area contributed by atoms with Crippen LogP contribution in [0, 0.1) is 0 Å². The molecule has 0 saturated carbocycles. The number of rotatable bonds is 19. The van der Waals surface area contributed by atoms with Gasteiger partial charge in [-0.15, -0.1) is 0 Å². The van der Waals surface area contributed by atoms with Crippen molar-refractivity contribution >= 4 is 14.3 Å². The van der Waals surface area contributed by atoms with Crippen LogP contribution in [0.1, 0.15) is 32.0 Å². The summed E-state index contributed by atoms with van der Waals surface area (Å²) in [5.41, 5.74) is 1.86. The minimum Gasteiger partial charge on any atom is -0.543 e. The van der Waals surface area contributed by atoms with E-state index in [-0.39, 0.29) is 18.1 Å². The topological polar surface area (TPSA) is 139 Å². The number of aliphatic hydroxyl groups is 1. The number of para-hydroxylation sites is 1. The van der Waals surface area contributed by atoms with Crippen LogP contribution in [-0.4, -0.2) is 87.3 Å². The molecule has 0 amide bonds. The normalized spacial score (nSPS) is 12.5. The number of methoxy groups -OCH3 is 1. The summed E-state index contributed by atoms with van der Waals surface area (Å²) in [5.74, 6) is 0.835. The minimum absolute atomic E-state index is 0.0233. The van der Waals surface area contributed by atoms with E-state index in [1.54, 1.807) is 31.5 Å². The van der Waals surface area contributed by atoms with Crippen LogP contribution < -0.4 is 13.9 Å². The molecule has 0 bridgehead atoms. The maximum atomic E-state index is 11.4. The molecule has 1 heterocycles. The molecule has 0 spiro atoms. The van der Waals surface area contributed by atoms with Crippen LogP contribution in [0.3, 0.4) is 0 Å². The number of hydrogen-bond acceptors (Lipinski definition) is 10. The number of nitrogens with zero attached hydrogens (tertiary/aromatic N) is 2. The lowest BCUT2D eigenvalue weighted by atomic mass is 10.1. The average Bonchev–Trinajstić information content (AvgIpc) is 2.99. The number of ether oxygens (including phenoxy) is 5. The van der Waals surface area contributed by atoms with E-state index in [1.807, 2.05) is 30.3 Å². The van der Waals surface area contributed by atoms with E-state index < -0.39 is 20.4 Å². The van der Waals surface area contributed by atoms with Crippen molar-refractivity contribution in [2.24, 2.45) is 0 Å². The van der Waals surface area contributed by atoms with E-state index in [9.17, 15) is 15.0 Å². The Morgan fingerprint density at radius 3 is 2.29 bits per heavy atom. The van der Waals surface area contributed by atoms with Crippen LogP contribution in [-0.2, 0) is 32.0 Å². The zero-order valence-electron chi connectivity index (χ0n) is 27.1. The van der Waals surface area contributed by atoms with Gasteiger partial charge in [0.2, 0.25) is 8.32 Å². The van der Waals surface area contributed by atoms with Gasteiger partial charge in [-0.1, -0.05) is 32.9 Å². The molecule has 246 valence electrons. The number of aliphatic hydroxyl groups excluding tert-OH is 1.